The van der Waals surface area contributed by atoms with E-state index < -0.39 is 0 Å². The van der Waals surface area contributed by atoms with Crippen LogP contribution < -0.4 is 11.1 Å². The number of benzene rings is 1. The van der Waals surface area contributed by atoms with Crippen LogP contribution in [-0.4, -0.2) is 10.9 Å². The summed E-state index contributed by atoms with van der Waals surface area (Å²) in [5.74, 6) is 0.0462. The second-order valence-corrected chi connectivity index (χ2v) is 4.03. The Morgan fingerprint density at radius 1 is 1.38 bits per heavy atom. The van der Waals surface area contributed by atoms with Crippen molar-refractivity contribution in [3.8, 4) is 0 Å². The molecule has 1 rings (SSSR count). The Labute approximate surface area is 101 Å². The third kappa shape index (κ3) is 3.98. The molecule has 3 nitrogen and oxygen atoms in total. The van der Waals surface area contributed by atoms with E-state index in [1.807, 2.05) is 0 Å². The van der Waals surface area contributed by atoms with Gasteiger partial charge in [-0.1, -0.05) is 25.6 Å². The van der Waals surface area contributed by atoms with Gasteiger partial charge in [-0.3, -0.25) is 4.79 Å². The molecule has 1 aromatic rings. The van der Waals surface area contributed by atoms with Gasteiger partial charge in [0.05, 0.1) is 0 Å². The minimum absolute atomic E-state index is 0.0462. The number of nitrogens with two attached hydrogens (primary N) is 1. The fraction of sp³-hybridized carbons (Fsp3) is 0.333. The minimum Gasteiger partial charge on any atom is -0.389 e. The summed E-state index contributed by atoms with van der Waals surface area (Å²) in [6.07, 6.45) is 2.50. The first-order valence-corrected chi connectivity index (χ1v) is 5.74. The fourth-order valence-corrected chi connectivity index (χ4v) is 1.41. The van der Waals surface area contributed by atoms with Gasteiger partial charge in [-0.25, -0.2) is 0 Å². The molecule has 86 valence electrons. The van der Waals surface area contributed by atoms with Crippen molar-refractivity contribution in [1.29, 1.82) is 0 Å². The van der Waals surface area contributed by atoms with Crippen molar-refractivity contribution in [3.05, 3.63) is 29.8 Å². The maximum Gasteiger partial charge on any atom is 0.224 e. The first-order valence-electron chi connectivity index (χ1n) is 5.33. The van der Waals surface area contributed by atoms with Gasteiger partial charge >= 0.3 is 0 Å². The number of thiocarbonyl (C=S) groups is 1. The van der Waals surface area contributed by atoms with Gasteiger partial charge in [0.2, 0.25) is 5.91 Å². The predicted molar refractivity (Wildman–Crippen MR) is 70.5 cm³/mol. The highest BCUT2D eigenvalue weighted by Gasteiger charge is 2.01. The topological polar surface area (TPSA) is 55.1 Å². The number of unbranched alkanes of at least 4 members (excludes halogenated alkanes) is 1. The van der Waals surface area contributed by atoms with Crippen LogP contribution >= 0.6 is 12.2 Å². The monoisotopic (exact) mass is 236 g/mol. The average Bonchev–Trinajstić information content (AvgIpc) is 2.27. The highest BCUT2D eigenvalue weighted by molar-refractivity contribution is 7.80. The van der Waals surface area contributed by atoms with E-state index in [2.05, 4.69) is 12.2 Å². The summed E-state index contributed by atoms with van der Waals surface area (Å²) in [7, 11) is 0. The molecule has 3 N–H and O–H groups in total. The summed E-state index contributed by atoms with van der Waals surface area (Å²) < 4.78 is 0. The maximum absolute atomic E-state index is 11.4. The van der Waals surface area contributed by atoms with Gasteiger partial charge in [0.1, 0.15) is 4.99 Å². The molecule has 16 heavy (non-hydrogen) atoms. The Morgan fingerprint density at radius 3 is 2.50 bits per heavy atom. The molecule has 0 saturated heterocycles. The van der Waals surface area contributed by atoms with Crippen LogP contribution in [0.1, 0.15) is 31.7 Å². The lowest BCUT2D eigenvalue weighted by Crippen LogP contribution is -2.12. The SMILES string of the molecule is CCCCC(=O)Nc1ccc(C(N)=S)cc1. The second-order valence-electron chi connectivity index (χ2n) is 3.59. The van der Waals surface area contributed by atoms with Crippen molar-refractivity contribution in [3.63, 3.8) is 0 Å². The van der Waals surface area contributed by atoms with E-state index in [0.29, 0.717) is 11.4 Å². The maximum atomic E-state index is 11.4. The van der Waals surface area contributed by atoms with Crippen molar-refractivity contribution >= 4 is 28.8 Å². The molecule has 0 aliphatic heterocycles. The highest BCUT2D eigenvalue weighted by atomic mass is 32.1. The summed E-state index contributed by atoms with van der Waals surface area (Å²) in [5, 5.41) is 2.82. The van der Waals surface area contributed by atoms with Gasteiger partial charge in [0.15, 0.2) is 0 Å². The molecule has 0 unspecified atom stereocenters. The molecule has 1 amide bonds. The molecule has 0 radical (unpaired) electrons. The summed E-state index contributed by atoms with van der Waals surface area (Å²) in [4.78, 5) is 11.8. The smallest absolute Gasteiger partial charge is 0.224 e. The highest BCUT2D eigenvalue weighted by Crippen LogP contribution is 2.10. The van der Waals surface area contributed by atoms with Crippen LogP contribution in [0, 0.1) is 0 Å². The normalized spacial score (nSPS) is 9.81. The van der Waals surface area contributed by atoms with Gasteiger partial charge in [-0.2, -0.15) is 0 Å². The zero-order valence-electron chi connectivity index (χ0n) is 9.32. The standard InChI is InChI=1S/C12H16N2OS/c1-2-3-4-11(15)14-10-7-5-9(6-8-10)12(13)16/h5-8H,2-4H2,1H3,(H2,13,16)(H,14,15). The predicted octanol–water partition coefficient (Wildman–Crippen LogP) is 2.45. The Balaban J connectivity index is 2.55. The average molecular weight is 236 g/mol. The molecule has 0 saturated carbocycles. The first-order chi connectivity index (χ1) is 7.63. The molecule has 0 atom stereocenters. The van der Waals surface area contributed by atoms with Gasteiger partial charge in [-0.15, -0.1) is 0 Å². The molecule has 0 aliphatic rings. The zero-order valence-corrected chi connectivity index (χ0v) is 10.1. The van der Waals surface area contributed by atoms with Crippen molar-refractivity contribution in [1.82, 2.24) is 0 Å². The minimum atomic E-state index is 0.0462. The Bertz CT molecular complexity index is 373. The number of carbonyl (C=O) groups excluding carboxylic acids is 1. The lowest BCUT2D eigenvalue weighted by atomic mass is 10.2. The number of hydrogen-bond acceptors (Lipinski definition) is 2. The number of amides is 1. The van der Waals surface area contributed by atoms with E-state index in [1.54, 1.807) is 24.3 Å². The first kappa shape index (κ1) is 12.6. The molecule has 0 aromatic heterocycles. The Morgan fingerprint density at radius 2 is 2.00 bits per heavy atom. The van der Waals surface area contributed by atoms with Crippen molar-refractivity contribution < 1.29 is 4.79 Å². The number of hydrogen-bond donors (Lipinski definition) is 2. The molecule has 0 spiro atoms. The van der Waals surface area contributed by atoms with Crippen LogP contribution in [0.15, 0.2) is 24.3 Å². The molecule has 1 aromatic carbocycles. The van der Waals surface area contributed by atoms with Crippen molar-refractivity contribution in [2.75, 3.05) is 5.32 Å². The van der Waals surface area contributed by atoms with Crippen LogP contribution in [0.4, 0.5) is 5.69 Å². The van der Waals surface area contributed by atoms with Gasteiger partial charge in [0.25, 0.3) is 0 Å². The molecule has 0 aliphatic carbocycles. The van der Waals surface area contributed by atoms with Crippen molar-refractivity contribution in [2.24, 2.45) is 5.73 Å². The third-order valence-corrected chi connectivity index (χ3v) is 2.45. The number of rotatable bonds is 5. The van der Waals surface area contributed by atoms with E-state index in [-0.39, 0.29) is 5.91 Å². The quantitative estimate of drug-likeness (QED) is 0.772. The summed E-state index contributed by atoms with van der Waals surface area (Å²) in [6.45, 7) is 2.06. The van der Waals surface area contributed by atoms with Gasteiger partial charge in [0, 0.05) is 17.7 Å². The molecule has 4 heteroatoms. The summed E-state index contributed by atoms with van der Waals surface area (Å²) in [5.41, 5.74) is 7.06. The van der Waals surface area contributed by atoms with Crippen LogP contribution in [0.2, 0.25) is 0 Å². The lowest BCUT2D eigenvalue weighted by molar-refractivity contribution is -0.116. The molecular weight excluding hydrogens is 220 g/mol. The molecule has 0 heterocycles. The Kier molecular flexibility index (Phi) is 4.92. The van der Waals surface area contributed by atoms with E-state index in [0.717, 1.165) is 24.1 Å². The van der Waals surface area contributed by atoms with Gasteiger partial charge in [-0.05, 0) is 30.7 Å². The van der Waals surface area contributed by atoms with E-state index >= 15 is 0 Å². The largest absolute Gasteiger partial charge is 0.389 e. The van der Waals surface area contributed by atoms with Crippen LogP contribution in [0.5, 0.6) is 0 Å². The van der Waals surface area contributed by atoms with Crippen molar-refractivity contribution in [2.45, 2.75) is 26.2 Å². The van der Waals surface area contributed by atoms with Crippen LogP contribution in [0.25, 0.3) is 0 Å². The van der Waals surface area contributed by atoms with E-state index in [9.17, 15) is 4.79 Å². The molecule has 0 fully saturated rings. The number of nitrogens with one attached hydrogen (secondary N) is 1. The second kappa shape index (κ2) is 6.23. The van der Waals surface area contributed by atoms with Gasteiger partial charge < -0.3 is 11.1 Å². The molecular formula is C12H16N2OS. The van der Waals surface area contributed by atoms with Crippen LogP contribution in [0.3, 0.4) is 0 Å². The Hall–Kier alpha value is -1.42. The van der Waals surface area contributed by atoms with E-state index in [4.69, 9.17) is 18.0 Å². The summed E-state index contributed by atoms with van der Waals surface area (Å²) >= 11 is 4.84. The van der Waals surface area contributed by atoms with E-state index in [1.165, 1.54) is 0 Å². The fourth-order valence-electron chi connectivity index (χ4n) is 1.28. The van der Waals surface area contributed by atoms with Crippen LogP contribution in [-0.2, 0) is 4.79 Å². The zero-order chi connectivity index (χ0) is 12.0. The lowest BCUT2D eigenvalue weighted by Gasteiger charge is -2.05. The number of anilines is 1. The summed E-state index contributed by atoms with van der Waals surface area (Å²) in [6, 6.07) is 7.21. The number of carbonyl (C=O) groups is 1. The molecule has 0 bridgehead atoms. The third-order valence-electron chi connectivity index (χ3n) is 2.21.